The Morgan fingerprint density at radius 2 is 1.81 bits per heavy atom. The average Bonchev–Trinajstić information content (AvgIpc) is 2.42. The van der Waals surface area contributed by atoms with Gasteiger partial charge in [-0.15, -0.1) is 0 Å². The quantitative estimate of drug-likeness (QED) is 0.903. The van der Waals surface area contributed by atoms with Crippen molar-refractivity contribution in [1.29, 1.82) is 5.26 Å². The van der Waals surface area contributed by atoms with E-state index in [0.717, 1.165) is 12.8 Å². The first kappa shape index (κ1) is 14.6. The van der Waals surface area contributed by atoms with Gasteiger partial charge in [-0.25, -0.2) is 0 Å². The highest BCUT2D eigenvalue weighted by molar-refractivity contribution is 5.36. The van der Waals surface area contributed by atoms with Gasteiger partial charge in [0.25, 0.3) is 0 Å². The molecule has 0 aromatic heterocycles. The molecule has 0 bridgehead atoms. The van der Waals surface area contributed by atoms with Crippen molar-refractivity contribution >= 4 is 0 Å². The van der Waals surface area contributed by atoms with E-state index < -0.39 is 0 Å². The van der Waals surface area contributed by atoms with Crippen LogP contribution < -0.4 is 5.32 Å². The summed E-state index contributed by atoms with van der Waals surface area (Å²) in [5.41, 5.74) is 1.42. The van der Waals surface area contributed by atoms with E-state index in [4.69, 9.17) is 0 Å². The van der Waals surface area contributed by atoms with E-state index in [1.54, 1.807) is 0 Å². The van der Waals surface area contributed by atoms with Gasteiger partial charge >= 0.3 is 0 Å². The van der Waals surface area contributed by atoms with Crippen LogP contribution in [0.3, 0.4) is 0 Å². The Kier molecular flexibility index (Phi) is 3.80. The van der Waals surface area contributed by atoms with Gasteiger partial charge in [0, 0.05) is 12.1 Å². The van der Waals surface area contributed by atoms with Crippen molar-refractivity contribution in [3.8, 4) is 6.07 Å². The lowest BCUT2D eigenvalue weighted by Gasteiger charge is -2.46. The van der Waals surface area contributed by atoms with Crippen LogP contribution in [-0.4, -0.2) is 12.1 Å². The van der Waals surface area contributed by atoms with E-state index in [-0.39, 0.29) is 5.41 Å². The first-order chi connectivity index (χ1) is 10.0. The third kappa shape index (κ3) is 2.99. The van der Waals surface area contributed by atoms with Gasteiger partial charge in [-0.1, -0.05) is 50.6 Å². The molecule has 3 rings (SSSR count). The molecule has 2 aliphatic rings. The smallest absolute Gasteiger partial charge is 0.0852 e. The lowest BCUT2D eigenvalue weighted by atomic mass is 9.62. The van der Waals surface area contributed by atoms with Gasteiger partial charge in [0.15, 0.2) is 0 Å². The molecule has 0 spiro atoms. The Hall–Kier alpha value is -1.33. The molecule has 1 atom stereocenters. The van der Waals surface area contributed by atoms with Gasteiger partial charge in [0.2, 0.25) is 0 Å². The molecule has 0 amide bonds. The van der Waals surface area contributed by atoms with Gasteiger partial charge in [0.05, 0.1) is 11.5 Å². The normalized spacial score (nSPS) is 34.7. The second-order valence-corrected chi connectivity index (χ2v) is 7.79. The fraction of sp³-hybridized carbons (Fsp3) is 0.632. The molecule has 1 N–H and O–H groups in total. The Balaban J connectivity index is 1.59. The molecule has 0 radical (unpaired) electrons. The Labute approximate surface area is 128 Å². The predicted octanol–water partition coefficient (Wildman–Crippen LogP) is 4.17. The fourth-order valence-electron chi connectivity index (χ4n) is 4.22. The Morgan fingerprint density at radius 1 is 1.10 bits per heavy atom. The van der Waals surface area contributed by atoms with E-state index in [1.165, 1.54) is 31.2 Å². The maximum atomic E-state index is 9.62. The zero-order valence-corrected chi connectivity index (χ0v) is 13.2. The van der Waals surface area contributed by atoms with Crippen LogP contribution in [0.5, 0.6) is 0 Å². The lowest BCUT2D eigenvalue weighted by Crippen LogP contribution is -2.54. The standard InChI is InChI=1S/C19H26N2/c1-18(2)10-6-9-16(11-18)21-17-12-19(13-17,14-20)15-7-4-3-5-8-15/h3-5,7-8,16-17,21H,6,9-13H2,1-2H3. The van der Waals surface area contributed by atoms with Crippen LogP contribution in [0.1, 0.15) is 57.9 Å². The summed E-state index contributed by atoms with van der Waals surface area (Å²) < 4.78 is 0. The maximum Gasteiger partial charge on any atom is 0.0852 e. The molecule has 112 valence electrons. The minimum atomic E-state index is -0.247. The highest BCUT2D eigenvalue weighted by atomic mass is 15.0. The largest absolute Gasteiger partial charge is 0.311 e. The molecule has 2 aliphatic carbocycles. The molecule has 1 aromatic rings. The molecule has 2 nitrogen and oxygen atoms in total. The summed E-state index contributed by atoms with van der Waals surface area (Å²) in [6.07, 6.45) is 7.18. The third-order valence-electron chi connectivity index (χ3n) is 5.41. The number of benzene rings is 1. The fourth-order valence-corrected chi connectivity index (χ4v) is 4.22. The second kappa shape index (κ2) is 5.46. The SMILES string of the molecule is CC1(C)CCCC(NC2CC(C#N)(c3ccccc3)C2)C1. The number of hydrogen-bond donors (Lipinski definition) is 1. The molecule has 0 heterocycles. The van der Waals surface area contributed by atoms with Crippen molar-refractivity contribution in [1.82, 2.24) is 5.32 Å². The molecule has 0 saturated heterocycles. The minimum absolute atomic E-state index is 0.247. The highest BCUT2D eigenvalue weighted by Crippen LogP contribution is 2.44. The molecular formula is C19H26N2. The molecule has 2 fully saturated rings. The van der Waals surface area contributed by atoms with Gasteiger partial charge in [-0.2, -0.15) is 5.26 Å². The van der Waals surface area contributed by atoms with Gasteiger partial charge in [-0.3, -0.25) is 0 Å². The van der Waals surface area contributed by atoms with Crippen LogP contribution in [0.2, 0.25) is 0 Å². The highest BCUT2D eigenvalue weighted by Gasteiger charge is 2.46. The number of hydrogen-bond acceptors (Lipinski definition) is 2. The van der Waals surface area contributed by atoms with E-state index in [9.17, 15) is 5.26 Å². The van der Waals surface area contributed by atoms with Crippen molar-refractivity contribution in [2.75, 3.05) is 0 Å². The Morgan fingerprint density at radius 3 is 2.43 bits per heavy atom. The van der Waals surface area contributed by atoms with E-state index in [0.29, 0.717) is 17.5 Å². The monoisotopic (exact) mass is 282 g/mol. The van der Waals surface area contributed by atoms with Crippen LogP contribution in [-0.2, 0) is 5.41 Å². The maximum absolute atomic E-state index is 9.62. The molecular weight excluding hydrogens is 256 g/mol. The summed E-state index contributed by atoms with van der Waals surface area (Å²) in [6, 6.07) is 14.0. The molecule has 21 heavy (non-hydrogen) atoms. The van der Waals surface area contributed by atoms with Crippen molar-refractivity contribution < 1.29 is 0 Å². The van der Waals surface area contributed by atoms with Crippen molar-refractivity contribution in [2.45, 2.75) is 69.9 Å². The zero-order valence-electron chi connectivity index (χ0n) is 13.2. The molecule has 1 aromatic carbocycles. The van der Waals surface area contributed by atoms with Crippen LogP contribution in [0, 0.1) is 16.7 Å². The summed E-state index contributed by atoms with van der Waals surface area (Å²) in [4.78, 5) is 0. The van der Waals surface area contributed by atoms with Crippen molar-refractivity contribution in [3.63, 3.8) is 0 Å². The number of nitriles is 1. The second-order valence-electron chi connectivity index (χ2n) is 7.79. The van der Waals surface area contributed by atoms with E-state index in [1.807, 2.05) is 18.2 Å². The summed E-state index contributed by atoms with van der Waals surface area (Å²) >= 11 is 0. The van der Waals surface area contributed by atoms with E-state index >= 15 is 0 Å². The number of nitrogens with one attached hydrogen (secondary N) is 1. The molecule has 0 aliphatic heterocycles. The van der Waals surface area contributed by atoms with Crippen molar-refractivity contribution in [3.05, 3.63) is 35.9 Å². The first-order valence-corrected chi connectivity index (χ1v) is 8.26. The third-order valence-corrected chi connectivity index (χ3v) is 5.41. The molecule has 2 saturated carbocycles. The van der Waals surface area contributed by atoms with Crippen LogP contribution in [0.25, 0.3) is 0 Å². The minimum Gasteiger partial charge on any atom is -0.311 e. The van der Waals surface area contributed by atoms with Crippen molar-refractivity contribution in [2.24, 2.45) is 5.41 Å². The van der Waals surface area contributed by atoms with Gasteiger partial charge in [0.1, 0.15) is 0 Å². The zero-order chi connectivity index (χ0) is 14.9. The predicted molar refractivity (Wildman–Crippen MR) is 85.9 cm³/mol. The van der Waals surface area contributed by atoms with Crippen LogP contribution >= 0.6 is 0 Å². The summed E-state index contributed by atoms with van der Waals surface area (Å²) in [5.74, 6) is 0. The van der Waals surface area contributed by atoms with Crippen LogP contribution in [0.4, 0.5) is 0 Å². The first-order valence-electron chi connectivity index (χ1n) is 8.26. The van der Waals surface area contributed by atoms with Gasteiger partial charge in [-0.05, 0) is 43.1 Å². The number of rotatable bonds is 3. The molecule has 1 unspecified atom stereocenters. The topological polar surface area (TPSA) is 35.8 Å². The number of nitrogens with zero attached hydrogens (tertiary/aromatic N) is 1. The average molecular weight is 282 g/mol. The van der Waals surface area contributed by atoms with Crippen LogP contribution in [0.15, 0.2) is 30.3 Å². The summed E-state index contributed by atoms with van der Waals surface area (Å²) in [6.45, 7) is 4.76. The Bertz CT molecular complexity index is 520. The summed E-state index contributed by atoms with van der Waals surface area (Å²) in [7, 11) is 0. The van der Waals surface area contributed by atoms with E-state index in [2.05, 4.69) is 37.4 Å². The lowest BCUT2D eigenvalue weighted by molar-refractivity contribution is 0.147. The molecule has 2 heteroatoms. The van der Waals surface area contributed by atoms with Gasteiger partial charge < -0.3 is 5.32 Å². The summed E-state index contributed by atoms with van der Waals surface area (Å²) in [5, 5.41) is 13.4.